The predicted molar refractivity (Wildman–Crippen MR) is 326 cm³/mol. The van der Waals surface area contributed by atoms with Gasteiger partial charge in [-0.15, -0.1) is 0 Å². The molecule has 420 valence electrons. The largest absolute Gasteiger partial charge is 0.493 e. The molecule has 0 saturated heterocycles. The van der Waals surface area contributed by atoms with Crippen LogP contribution in [0.2, 0.25) is 0 Å². The lowest BCUT2D eigenvalue weighted by Crippen LogP contribution is -2.36. The van der Waals surface area contributed by atoms with E-state index in [1.807, 2.05) is 0 Å². The van der Waals surface area contributed by atoms with E-state index in [0.717, 1.165) is 182 Å². The summed E-state index contributed by atoms with van der Waals surface area (Å²) in [5.41, 5.74) is 12.3. The second kappa shape index (κ2) is 24.5. The van der Waals surface area contributed by atoms with Gasteiger partial charge in [-0.2, -0.15) is 0 Å². The van der Waals surface area contributed by atoms with Gasteiger partial charge < -0.3 is 56.8 Å². The van der Waals surface area contributed by atoms with E-state index < -0.39 is 0 Å². The molecule has 5 heterocycles. The molecule has 12 nitrogen and oxygen atoms in total. The number of hydrogen-bond acceptors (Lipinski definition) is 4. The van der Waals surface area contributed by atoms with E-state index in [1.165, 1.54) is 0 Å². The third kappa shape index (κ3) is 15.5. The Labute approximate surface area is 474 Å². The van der Waals surface area contributed by atoms with E-state index in [-0.39, 0.29) is 0 Å². The van der Waals surface area contributed by atoms with Crippen LogP contribution in [-0.2, 0) is 0 Å². The van der Waals surface area contributed by atoms with Crippen molar-refractivity contribution in [3.63, 3.8) is 0 Å². The highest BCUT2D eigenvalue weighted by Crippen LogP contribution is 2.31. The van der Waals surface area contributed by atoms with Crippen LogP contribution in [0.5, 0.6) is 23.0 Å². The van der Waals surface area contributed by atoms with E-state index in [4.69, 9.17) is 18.9 Å². The molecule has 4 N–H and O–H groups in total. The highest BCUT2D eigenvalue weighted by atomic mass is 16.5. The van der Waals surface area contributed by atoms with Gasteiger partial charge in [0.05, 0.1) is 137 Å². The zero-order valence-electron chi connectivity index (χ0n) is 49.8. The van der Waals surface area contributed by atoms with Gasteiger partial charge in [-0.3, -0.25) is 0 Å². The minimum absolute atomic E-state index is 0.662. The van der Waals surface area contributed by atoms with Crippen LogP contribution in [0.15, 0.2) is 146 Å². The number of aromatic nitrogens is 4. The lowest BCUT2D eigenvalue weighted by molar-refractivity contribution is -0.870. The smallest absolute Gasteiger partial charge is 0.119 e. The molecule has 4 aromatic carbocycles. The fourth-order valence-corrected chi connectivity index (χ4v) is 10.4. The van der Waals surface area contributed by atoms with Crippen molar-refractivity contribution in [2.75, 3.05) is 137 Å². The number of H-pyrrole nitrogens is 4. The maximum absolute atomic E-state index is 6.30. The molecule has 8 aromatic rings. The van der Waals surface area contributed by atoms with Gasteiger partial charge in [0, 0.05) is 92.1 Å². The van der Waals surface area contributed by atoms with Crippen LogP contribution in [0, 0.1) is 0 Å². The fourth-order valence-electron chi connectivity index (χ4n) is 10.4. The van der Waals surface area contributed by atoms with Gasteiger partial charge in [-0.25, -0.2) is 0 Å². The molecule has 1 aliphatic heterocycles. The monoisotopic (exact) mass is 1080 g/mol. The molecule has 0 fully saturated rings. The molecule has 0 atom stereocenters. The normalized spacial score (nSPS) is 13.2. The van der Waals surface area contributed by atoms with E-state index in [2.05, 4.69) is 250 Å². The SMILES string of the molecule is C[N+](C)(C)CCCOc1ccc(C2=c3ccc([nH]3)=C(c3ccc(OCCC[N+](C)(C)C)cc3)c3ccc([nH]3)C(c3ccc(OCCC[N+](C)(C)C)cc3)=c3ccc([nH]3)=C(c3ccc(OCCC[N+](C)(C)C)cc3)c3ccc2[nH]3)cc1. The first-order valence-electron chi connectivity index (χ1n) is 28.5. The lowest BCUT2D eigenvalue weighted by atomic mass is 10.0. The van der Waals surface area contributed by atoms with Gasteiger partial charge in [0.25, 0.3) is 0 Å². The number of nitrogens with zero attached hydrogens (tertiary/aromatic N) is 4. The summed E-state index contributed by atoms with van der Waals surface area (Å²) in [6, 6.07) is 51.8. The zero-order chi connectivity index (χ0) is 56.7. The van der Waals surface area contributed by atoms with Gasteiger partial charge in [0.2, 0.25) is 0 Å². The third-order valence-electron chi connectivity index (χ3n) is 14.4. The first-order valence-corrected chi connectivity index (χ1v) is 28.5. The molecule has 0 amide bonds. The minimum atomic E-state index is 0.662. The van der Waals surface area contributed by atoms with Crippen LogP contribution in [0.3, 0.4) is 0 Å². The van der Waals surface area contributed by atoms with Crippen molar-refractivity contribution in [1.82, 2.24) is 19.9 Å². The second-order valence-electron chi connectivity index (χ2n) is 25.6. The van der Waals surface area contributed by atoms with Gasteiger partial charge >= 0.3 is 0 Å². The van der Waals surface area contributed by atoms with Crippen LogP contribution in [0.25, 0.3) is 22.3 Å². The Morgan fingerprint density at radius 2 is 0.450 bits per heavy atom. The molecular formula is C68H88N8O4+4. The van der Waals surface area contributed by atoms with Crippen molar-refractivity contribution < 1.29 is 36.9 Å². The zero-order valence-corrected chi connectivity index (χ0v) is 49.8. The Hall–Kier alpha value is -7.48. The molecule has 4 aromatic heterocycles. The highest BCUT2D eigenvalue weighted by Gasteiger charge is 2.20. The topological polar surface area (TPSA) is 100 Å². The van der Waals surface area contributed by atoms with Crippen LogP contribution in [0.1, 0.15) is 70.7 Å². The molecule has 80 heavy (non-hydrogen) atoms. The standard InChI is InChI=1S/C68H88N8O4/c1-73(2,3)41-13-45-77-53-25-17-49(18-26-53)65-57-33-35-59(69-57)66(50-19-27-54(28-20-50)78-46-14-42-74(4,5)6)61-37-39-63(71-61)68(52-23-31-56(32-24-52)80-48-16-44-76(10,11)12)64-40-38-62(72-64)67(60-36-34-58(65)70-60)51-21-29-55(30-22-51)79-47-15-43-75(7,8)9/h17-40,69-72H,13-16,41-48H2,1-12H3/q+4. The van der Waals surface area contributed by atoms with Gasteiger partial charge in [-0.1, -0.05) is 48.5 Å². The maximum atomic E-state index is 6.30. The summed E-state index contributed by atoms with van der Waals surface area (Å²) < 4.78 is 28.8. The summed E-state index contributed by atoms with van der Waals surface area (Å²) in [6.07, 6.45) is 3.89. The maximum Gasteiger partial charge on any atom is 0.119 e. The Kier molecular flexibility index (Phi) is 17.5. The summed E-state index contributed by atoms with van der Waals surface area (Å²) in [4.78, 5) is 15.8. The second-order valence-corrected chi connectivity index (χ2v) is 25.6. The Morgan fingerprint density at radius 1 is 0.250 bits per heavy atom. The summed E-state index contributed by atoms with van der Waals surface area (Å²) in [7, 11) is 26.6. The van der Waals surface area contributed by atoms with Crippen molar-refractivity contribution in [3.05, 3.63) is 212 Å². The van der Waals surface area contributed by atoms with Crippen molar-refractivity contribution >= 4 is 22.3 Å². The Bertz CT molecular complexity index is 3100. The predicted octanol–water partition coefficient (Wildman–Crippen LogP) is 8.20. The number of aromatic amines is 4. The van der Waals surface area contributed by atoms with Crippen LogP contribution >= 0.6 is 0 Å². The molecule has 0 spiro atoms. The van der Waals surface area contributed by atoms with E-state index in [0.29, 0.717) is 26.4 Å². The number of benzene rings is 4. The van der Waals surface area contributed by atoms with Gasteiger partial charge in [0.1, 0.15) is 23.0 Å². The molecule has 12 heteroatoms. The molecule has 0 saturated carbocycles. The molecule has 9 rings (SSSR count). The molecule has 0 radical (unpaired) electrons. The number of rotatable bonds is 24. The van der Waals surface area contributed by atoms with E-state index in [1.54, 1.807) is 0 Å². The number of ether oxygens (including phenoxy) is 4. The quantitative estimate of drug-likeness (QED) is 0.0363. The van der Waals surface area contributed by atoms with Gasteiger partial charge in [-0.05, 0) is 119 Å². The van der Waals surface area contributed by atoms with Crippen LogP contribution in [0.4, 0.5) is 0 Å². The van der Waals surface area contributed by atoms with Crippen molar-refractivity contribution in [2.45, 2.75) is 25.7 Å². The Morgan fingerprint density at radius 3 is 0.637 bits per heavy atom. The molecule has 1 aliphatic rings. The first kappa shape index (κ1) is 57.2. The van der Waals surface area contributed by atoms with Crippen LogP contribution < -0.4 is 40.3 Å². The van der Waals surface area contributed by atoms with Crippen molar-refractivity contribution in [3.8, 4) is 23.0 Å². The molecular weight excluding hydrogens is 993 g/mol. The average molecular weight is 1080 g/mol. The average Bonchev–Trinajstić information content (AvgIpc) is 4.39. The summed E-state index contributed by atoms with van der Waals surface area (Å²) in [5, 5.41) is 3.89. The molecule has 8 bridgehead atoms. The summed E-state index contributed by atoms with van der Waals surface area (Å²) in [5.74, 6) is 3.42. The van der Waals surface area contributed by atoms with Gasteiger partial charge in [0.15, 0.2) is 0 Å². The third-order valence-corrected chi connectivity index (χ3v) is 14.4. The van der Waals surface area contributed by atoms with Crippen molar-refractivity contribution in [1.29, 1.82) is 0 Å². The Balaban J connectivity index is 1.20. The number of quaternary nitrogens is 4. The van der Waals surface area contributed by atoms with Crippen molar-refractivity contribution in [2.24, 2.45) is 0 Å². The van der Waals surface area contributed by atoms with E-state index in [9.17, 15) is 0 Å². The highest BCUT2D eigenvalue weighted by molar-refractivity contribution is 5.85. The molecule has 0 aliphatic carbocycles. The number of nitrogens with one attached hydrogen (secondary N) is 4. The fraction of sp³-hybridized carbons (Fsp3) is 0.353. The minimum Gasteiger partial charge on any atom is -0.493 e. The van der Waals surface area contributed by atoms with Crippen LogP contribution in [-0.4, -0.2) is 175 Å². The lowest BCUT2D eigenvalue weighted by Gasteiger charge is -2.23. The number of fused-ring (bicyclic) bond motifs is 8. The summed E-state index contributed by atoms with van der Waals surface area (Å²) in [6.45, 7) is 6.80. The first-order chi connectivity index (χ1) is 38.1. The number of hydrogen-bond donors (Lipinski definition) is 4. The van der Waals surface area contributed by atoms with E-state index >= 15 is 0 Å². The molecule has 0 unspecified atom stereocenters. The summed E-state index contributed by atoms with van der Waals surface area (Å²) >= 11 is 0.